The summed E-state index contributed by atoms with van der Waals surface area (Å²) in [5.41, 5.74) is 4.94. The molecule has 17 heavy (non-hydrogen) atoms. The lowest BCUT2D eigenvalue weighted by Crippen LogP contribution is -2.25. The van der Waals surface area contributed by atoms with Crippen molar-refractivity contribution in [2.75, 3.05) is 18.0 Å². The second-order valence-corrected chi connectivity index (χ2v) is 4.81. The largest absolute Gasteiger partial charge is 0.388 e. The minimum Gasteiger partial charge on any atom is -0.388 e. The van der Waals surface area contributed by atoms with E-state index >= 15 is 0 Å². The van der Waals surface area contributed by atoms with Crippen LogP contribution >= 0.6 is 11.6 Å². The van der Waals surface area contributed by atoms with Crippen molar-refractivity contribution in [1.82, 2.24) is 0 Å². The Morgan fingerprint density at radius 3 is 3.06 bits per heavy atom. The summed E-state index contributed by atoms with van der Waals surface area (Å²) in [5.74, 6) is 0. The molecule has 1 atom stereocenters. The highest BCUT2D eigenvalue weighted by Crippen LogP contribution is 2.32. The number of aliphatic hydroxyl groups is 1. The van der Waals surface area contributed by atoms with E-state index in [-0.39, 0.29) is 6.10 Å². The molecule has 3 heteroatoms. The molecule has 0 aliphatic carbocycles. The van der Waals surface area contributed by atoms with Gasteiger partial charge in [0.2, 0.25) is 0 Å². The fraction of sp³-hybridized carbons (Fsp3) is 0.429. The van der Waals surface area contributed by atoms with Gasteiger partial charge in [-0.05, 0) is 31.4 Å². The Labute approximate surface area is 108 Å². The van der Waals surface area contributed by atoms with E-state index in [2.05, 4.69) is 11.0 Å². The van der Waals surface area contributed by atoms with Crippen molar-refractivity contribution >= 4 is 17.3 Å². The third-order valence-electron chi connectivity index (χ3n) is 3.17. The normalized spacial score (nSPS) is 21.0. The number of nitrogens with zero attached hydrogens (tertiary/aromatic N) is 1. The van der Waals surface area contributed by atoms with Gasteiger partial charge in [-0.2, -0.15) is 0 Å². The van der Waals surface area contributed by atoms with Crippen LogP contribution in [0.2, 0.25) is 0 Å². The third kappa shape index (κ3) is 2.82. The van der Waals surface area contributed by atoms with Crippen molar-refractivity contribution in [3.8, 4) is 0 Å². The average molecular weight is 252 g/mol. The van der Waals surface area contributed by atoms with Gasteiger partial charge in [-0.1, -0.05) is 29.8 Å². The van der Waals surface area contributed by atoms with E-state index < -0.39 is 0 Å². The lowest BCUT2D eigenvalue weighted by molar-refractivity contribution is 0.168. The van der Waals surface area contributed by atoms with Crippen LogP contribution in [0, 0.1) is 0 Å². The molecule has 0 amide bonds. The van der Waals surface area contributed by atoms with E-state index in [4.69, 9.17) is 11.6 Å². The number of aliphatic hydroxyl groups excluding tert-OH is 1. The minimum atomic E-state index is -0.337. The van der Waals surface area contributed by atoms with Crippen molar-refractivity contribution < 1.29 is 5.11 Å². The van der Waals surface area contributed by atoms with Crippen molar-refractivity contribution in [2.45, 2.75) is 25.9 Å². The second-order valence-electron chi connectivity index (χ2n) is 4.59. The first kappa shape index (κ1) is 12.5. The topological polar surface area (TPSA) is 23.5 Å². The molecule has 0 saturated carbocycles. The van der Waals surface area contributed by atoms with Crippen LogP contribution in [0.4, 0.5) is 5.69 Å². The highest BCUT2D eigenvalue weighted by molar-refractivity contribution is 6.25. The molecule has 2 nitrogen and oxygen atoms in total. The Bertz CT molecular complexity index is 416. The number of halogens is 1. The van der Waals surface area contributed by atoms with E-state index in [0.29, 0.717) is 0 Å². The molecule has 0 aromatic heterocycles. The van der Waals surface area contributed by atoms with Crippen LogP contribution < -0.4 is 4.90 Å². The lowest BCUT2D eigenvalue weighted by atomic mass is 10.0. The highest BCUT2D eigenvalue weighted by Gasteiger charge is 2.20. The predicted molar refractivity (Wildman–Crippen MR) is 72.5 cm³/mol. The summed E-state index contributed by atoms with van der Waals surface area (Å²) in [4.78, 5) is 2.29. The summed E-state index contributed by atoms with van der Waals surface area (Å²) < 4.78 is 0. The Balaban J connectivity index is 2.31. The molecule has 0 radical (unpaired) electrons. The molecular weight excluding hydrogens is 234 g/mol. The molecule has 1 heterocycles. The molecule has 0 spiro atoms. The molecular formula is C14H18ClNO. The monoisotopic (exact) mass is 251 g/mol. The molecule has 2 rings (SSSR count). The number of fused-ring (bicyclic) bond motifs is 1. The van der Waals surface area contributed by atoms with E-state index in [1.807, 2.05) is 25.1 Å². The molecule has 1 unspecified atom stereocenters. The zero-order valence-corrected chi connectivity index (χ0v) is 10.8. The van der Waals surface area contributed by atoms with Crippen LogP contribution in [0.5, 0.6) is 0 Å². The summed E-state index contributed by atoms with van der Waals surface area (Å²) >= 11 is 5.73. The Hall–Kier alpha value is -0.990. The van der Waals surface area contributed by atoms with E-state index in [9.17, 15) is 5.11 Å². The van der Waals surface area contributed by atoms with Gasteiger partial charge in [0.25, 0.3) is 0 Å². The van der Waals surface area contributed by atoms with Gasteiger partial charge in [0.05, 0.1) is 6.10 Å². The highest BCUT2D eigenvalue weighted by atomic mass is 35.5. The number of hydrogen-bond acceptors (Lipinski definition) is 2. The Kier molecular flexibility index (Phi) is 4.08. The summed E-state index contributed by atoms with van der Waals surface area (Å²) in [5, 5.41) is 10.1. The summed E-state index contributed by atoms with van der Waals surface area (Å²) in [7, 11) is 0. The molecule has 1 aliphatic rings. The van der Waals surface area contributed by atoms with Crippen LogP contribution in [-0.4, -0.2) is 18.2 Å². The maximum Gasteiger partial charge on any atom is 0.0810 e. The number of hydrogen-bond donors (Lipinski definition) is 1. The van der Waals surface area contributed by atoms with Crippen molar-refractivity contribution in [3.05, 3.63) is 40.9 Å². The van der Waals surface area contributed by atoms with Gasteiger partial charge in [0.1, 0.15) is 0 Å². The van der Waals surface area contributed by atoms with Gasteiger partial charge < -0.3 is 10.0 Å². The van der Waals surface area contributed by atoms with Gasteiger partial charge >= 0.3 is 0 Å². The fourth-order valence-electron chi connectivity index (χ4n) is 2.31. The standard InChI is InChI=1S/C14H18ClNO/c1-11(9-15)10-16-8-4-7-14(17)12-5-2-3-6-13(12)16/h2-3,5-6,9,14,17H,4,7-8,10H2,1H3/b11-9-. The van der Waals surface area contributed by atoms with E-state index in [1.54, 1.807) is 5.54 Å². The van der Waals surface area contributed by atoms with Gasteiger partial charge in [0, 0.05) is 29.9 Å². The molecule has 0 saturated heterocycles. The first-order chi connectivity index (χ1) is 8.22. The fourth-order valence-corrected chi connectivity index (χ4v) is 2.38. The Morgan fingerprint density at radius 2 is 2.29 bits per heavy atom. The SMILES string of the molecule is C/C(=C/Cl)CN1CCCC(O)c2ccccc21. The maximum absolute atomic E-state index is 10.1. The zero-order chi connectivity index (χ0) is 12.3. The summed E-state index contributed by atoms with van der Waals surface area (Å²) in [6.07, 6.45) is 1.50. The number of benzene rings is 1. The summed E-state index contributed by atoms with van der Waals surface area (Å²) in [6, 6.07) is 8.09. The van der Waals surface area contributed by atoms with Crippen LogP contribution in [0.25, 0.3) is 0 Å². The van der Waals surface area contributed by atoms with Crippen LogP contribution in [0.1, 0.15) is 31.4 Å². The maximum atomic E-state index is 10.1. The van der Waals surface area contributed by atoms with Crippen molar-refractivity contribution in [2.24, 2.45) is 0 Å². The second kappa shape index (κ2) is 5.56. The first-order valence-corrected chi connectivity index (χ1v) is 6.44. The minimum absolute atomic E-state index is 0.337. The van der Waals surface area contributed by atoms with Crippen LogP contribution in [0.3, 0.4) is 0 Å². The van der Waals surface area contributed by atoms with Gasteiger partial charge in [-0.3, -0.25) is 0 Å². The smallest absolute Gasteiger partial charge is 0.0810 e. The summed E-state index contributed by atoms with van der Waals surface area (Å²) in [6.45, 7) is 3.82. The number of para-hydroxylation sites is 1. The van der Waals surface area contributed by atoms with Gasteiger partial charge in [-0.25, -0.2) is 0 Å². The van der Waals surface area contributed by atoms with Gasteiger partial charge in [0.15, 0.2) is 0 Å². The van der Waals surface area contributed by atoms with Crippen LogP contribution in [-0.2, 0) is 0 Å². The molecule has 1 aromatic carbocycles. The predicted octanol–water partition coefficient (Wildman–Crippen LogP) is 3.46. The average Bonchev–Trinajstić information content (AvgIpc) is 2.51. The third-order valence-corrected chi connectivity index (χ3v) is 3.54. The molecule has 0 fully saturated rings. The zero-order valence-electron chi connectivity index (χ0n) is 10.1. The number of rotatable bonds is 2. The van der Waals surface area contributed by atoms with Crippen molar-refractivity contribution in [1.29, 1.82) is 0 Å². The first-order valence-electron chi connectivity index (χ1n) is 6.00. The van der Waals surface area contributed by atoms with Crippen molar-refractivity contribution in [3.63, 3.8) is 0 Å². The van der Waals surface area contributed by atoms with E-state index in [1.165, 1.54) is 0 Å². The lowest BCUT2D eigenvalue weighted by Gasteiger charge is -2.25. The quantitative estimate of drug-likeness (QED) is 0.870. The molecule has 0 bridgehead atoms. The van der Waals surface area contributed by atoms with Gasteiger partial charge in [-0.15, -0.1) is 0 Å². The van der Waals surface area contributed by atoms with E-state index in [0.717, 1.165) is 42.8 Å². The number of anilines is 1. The molecule has 92 valence electrons. The Morgan fingerprint density at radius 1 is 1.53 bits per heavy atom. The molecule has 1 aliphatic heterocycles. The van der Waals surface area contributed by atoms with Crippen LogP contribution in [0.15, 0.2) is 35.4 Å². The molecule has 1 N–H and O–H groups in total. The molecule has 1 aromatic rings.